The zero-order valence-electron chi connectivity index (χ0n) is 12.1. The minimum Gasteiger partial charge on any atom is -0.768 e. The van der Waals surface area contributed by atoms with Gasteiger partial charge in [0.15, 0.2) is 0 Å². The molecule has 0 aliphatic rings. The fourth-order valence-corrected chi connectivity index (χ4v) is 2.83. The van der Waals surface area contributed by atoms with E-state index < -0.39 is 11.1 Å². The van der Waals surface area contributed by atoms with Crippen molar-refractivity contribution in [2.45, 2.75) is 18.4 Å². The van der Waals surface area contributed by atoms with E-state index in [1.165, 1.54) is 28.5 Å². The van der Waals surface area contributed by atoms with E-state index >= 15 is 0 Å². The number of rotatable bonds is 4. The van der Waals surface area contributed by atoms with Gasteiger partial charge in [0.05, 0.1) is 0 Å². The first-order chi connectivity index (χ1) is 10.6. The molecule has 0 saturated carbocycles. The maximum Gasteiger partial charge on any atom is 0.119 e. The Morgan fingerprint density at radius 1 is 1.05 bits per heavy atom. The van der Waals surface area contributed by atoms with Crippen molar-refractivity contribution in [1.82, 2.24) is 0 Å². The first-order valence-electron chi connectivity index (χ1n) is 6.94. The lowest BCUT2D eigenvalue weighted by atomic mass is 10.0. The summed E-state index contributed by atoms with van der Waals surface area (Å²) >= 11 is -2.20. The molecule has 0 fully saturated rings. The molecule has 22 heavy (non-hydrogen) atoms. The molecule has 0 radical (unpaired) electrons. The van der Waals surface area contributed by atoms with Crippen LogP contribution >= 0.6 is 0 Å². The number of benzene rings is 3. The van der Waals surface area contributed by atoms with Gasteiger partial charge < -0.3 is 9.29 Å². The molecule has 3 aromatic rings. The molecule has 0 aliphatic carbocycles. The Labute approximate surface area is 131 Å². The van der Waals surface area contributed by atoms with Gasteiger partial charge in [0.25, 0.3) is 0 Å². The van der Waals surface area contributed by atoms with Gasteiger partial charge in [0.2, 0.25) is 0 Å². The van der Waals surface area contributed by atoms with Crippen LogP contribution in [-0.4, -0.2) is 8.76 Å². The molecule has 3 aromatic carbocycles. The van der Waals surface area contributed by atoms with Gasteiger partial charge in [0, 0.05) is 4.90 Å². The Bertz CT molecular complexity index is 825. The molecule has 0 N–H and O–H groups in total. The summed E-state index contributed by atoms with van der Waals surface area (Å²) in [7, 11) is 0. The summed E-state index contributed by atoms with van der Waals surface area (Å²) in [5, 5.41) is 2.44. The van der Waals surface area contributed by atoms with Crippen molar-refractivity contribution in [2.75, 3.05) is 0 Å². The second-order valence-corrected chi connectivity index (χ2v) is 6.07. The third kappa shape index (κ3) is 3.18. The molecular weight excluding hydrogens is 296 g/mol. The molecule has 1 atom stereocenters. The van der Waals surface area contributed by atoms with Gasteiger partial charge in [-0.15, -0.1) is 0 Å². The number of aryl methyl sites for hydroxylation is 1. The fraction of sp³-hybridized carbons (Fsp3) is 0.111. The van der Waals surface area contributed by atoms with Crippen LogP contribution < -0.4 is 4.74 Å². The lowest BCUT2D eigenvalue weighted by Gasteiger charge is -2.10. The smallest absolute Gasteiger partial charge is 0.119 e. The third-order valence-electron chi connectivity index (χ3n) is 3.55. The Kier molecular flexibility index (Phi) is 4.22. The van der Waals surface area contributed by atoms with Crippen LogP contribution in [0.5, 0.6) is 5.75 Å². The summed E-state index contributed by atoms with van der Waals surface area (Å²) in [6, 6.07) is 18.9. The van der Waals surface area contributed by atoms with Crippen LogP contribution in [0.2, 0.25) is 0 Å². The van der Waals surface area contributed by atoms with E-state index in [2.05, 4.69) is 31.2 Å². The van der Waals surface area contributed by atoms with Crippen LogP contribution in [0, 0.1) is 6.92 Å². The molecule has 4 heteroatoms. The molecule has 0 aromatic heterocycles. The van der Waals surface area contributed by atoms with Gasteiger partial charge in [-0.25, -0.2) is 0 Å². The Morgan fingerprint density at radius 2 is 1.77 bits per heavy atom. The first-order valence-corrected chi connectivity index (χ1v) is 8.01. The summed E-state index contributed by atoms with van der Waals surface area (Å²) in [6.45, 7) is 2.54. The molecule has 0 amide bonds. The van der Waals surface area contributed by atoms with Crippen molar-refractivity contribution in [3.8, 4) is 5.75 Å². The van der Waals surface area contributed by atoms with Gasteiger partial charge in [-0.1, -0.05) is 30.3 Å². The van der Waals surface area contributed by atoms with Crippen LogP contribution in [0.15, 0.2) is 65.6 Å². The van der Waals surface area contributed by atoms with E-state index in [1.54, 1.807) is 12.1 Å². The molecule has 0 saturated heterocycles. The van der Waals surface area contributed by atoms with Gasteiger partial charge >= 0.3 is 0 Å². The lowest BCUT2D eigenvalue weighted by molar-refractivity contribution is 0.306. The average Bonchev–Trinajstić information content (AvgIpc) is 2.53. The SMILES string of the molecule is Cc1cc(COc2ccc(S(=O)[O-])cc2)cc2ccccc12. The van der Waals surface area contributed by atoms with Crippen LogP contribution in [-0.2, 0) is 17.7 Å². The summed E-state index contributed by atoms with van der Waals surface area (Å²) < 4.78 is 27.4. The zero-order chi connectivity index (χ0) is 15.5. The van der Waals surface area contributed by atoms with Crippen molar-refractivity contribution < 1.29 is 13.5 Å². The lowest BCUT2D eigenvalue weighted by Crippen LogP contribution is -1.97. The van der Waals surface area contributed by atoms with Crippen molar-refractivity contribution in [1.29, 1.82) is 0 Å². The second kappa shape index (κ2) is 6.30. The monoisotopic (exact) mass is 311 g/mol. The highest BCUT2D eigenvalue weighted by molar-refractivity contribution is 7.79. The van der Waals surface area contributed by atoms with E-state index in [9.17, 15) is 8.76 Å². The summed E-state index contributed by atoms with van der Waals surface area (Å²) in [6.07, 6.45) is 0. The van der Waals surface area contributed by atoms with Crippen molar-refractivity contribution in [2.24, 2.45) is 0 Å². The zero-order valence-corrected chi connectivity index (χ0v) is 12.9. The molecule has 112 valence electrons. The van der Waals surface area contributed by atoms with E-state index in [-0.39, 0.29) is 4.90 Å². The molecule has 0 spiro atoms. The Morgan fingerprint density at radius 3 is 2.50 bits per heavy atom. The van der Waals surface area contributed by atoms with Crippen LogP contribution in [0.3, 0.4) is 0 Å². The molecule has 3 rings (SSSR count). The number of hydrogen-bond donors (Lipinski definition) is 0. The topological polar surface area (TPSA) is 49.4 Å². The molecule has 0 bridgehead atoms. The van der Waals surface area contributed by atoms with Crippen LogP contribution in [0.25, 0.3) is 10.8 Å². The van der Waals surface area contributed by atoms with Crippen molar-refractivity contribution in [3.05, 3.63) is 71.8 Å². The van der Waals surface area contributed by atoms with Crippen molar-refractivity contribution in [3.63, 3.8) is 0 Å². The highest BCUT2D eigenvalue weighted by Crippen LogP contribution is 2.22. The van der Waals surface area contributed by atoms with Gasteiger partial charge in [-0.2, -0.15) is 0 Å². The van der Waals surface area contributed by atoms with Crippen molar-refractivity contribution >= 4 is 21.9 Å². The van der Waals surface area contributed by atoms with Crippen LogP contribution in [0.4, 0.5) is 0 Å². The fourth-order valence-electron chi connectivity index (χ4n) is 2.48. The average molecular weight is 311 g/mol. The maximum absolute atomic E-state index is 10.8. The van der Waals surface area contributed by atoms with E-state index in [0.717, 1.165) is 5.56 Å². The normalized spacial score (nSPS) is 12.3. The summed E-state index contributed by atoms with van der Waals surface area (Å²) in [5.74, 6) is 0.653. The van der Waals surface area contributed by atoms with Gasteiger partial charge in [-0.05, 0) is 70.2 Å². The van der Waals surface area contributed by atoms with Gasteiger partial charge in [-0.3, -0.25) is 4.21 Å². The Balaban J connectivity index is 1.77. The molecule has 0 aliphatic heterocycles. The summed E-state index contributed by atoms with van der Waals surface area (Å²) in [4.78, 5) is 0.258. The van der Waals surface area contributed by atoms with Crippen LogP contribution in [0.1, 0.15) is 11.1 Å². The number of ether oxygens (including phenoxy) is 1. The molecule has 1 unspecified atom stereocenters. The summed E-state index contributed by atoms with van der Waals surface area (Å²) in [5.41, 5.74) is 2.31. The Hall–Kier alpha value is -2.17. The van der Waals surface area contributed by atoms with E-state index in [1.807, 2.05) is 12.1 Å². The number of hydrogen-bond acceptors (Lipinski definition) is 3. The largest absolute Gasteiger partial charge is 0.768 e. The van der Waals surface area contributed by atoms with E-state index in [0.29, 0.717) is 12.4 Å². The molecular formula is C18H15O3S-. The number of fused-ring (bicyclic) bond motifs is 1. The predicted octanol–water partition coefficient (Wildman–Crippen LogP) is 3.97. The first kappa shape index (κ1) is 14.8. The third-order valence-corrected chi connectivity index (χ3v) is 4.21. The maximum atomic E-state index is 10.8. The highest BCUT2D eigenvalue weighted by Gasteiger charge is 2.02. The standard InChI is InChI=1S/C18H16O3S/c1-13-10-14(11-15-4-2-3-5-18(13)15)12-21-16-6-8-17(9-7-16)22(19)20/h2-11H,12H2,1H3,(H,19,20)/p-1. The highest BCUT2D eigenvalue weighted by atomic mass is 32.2. The molecule has 0 heterocycles. The van der Waals surface area contributed by atoms with E-state index in [4.69, 9.17) is 4.74 Å². The van der Waals surface area contributed by atoms with Gasteiger partial charge in [0.1, 0.15) is 12.4 Å². The minimum atomic E-state index is -2.20. The second-order valence-electron chi connectivity index (χ2n) is 5.13. The molecule has 3 nitrogen and oxygen atoms in total. The minimum absolute atomic E-state index is 0.258. The quantitative estimate of drug-likeness (QED) is 0.685. The predicted molar refractivity (Wildman–Crippen MR) is 86.6 cm³/mol.